The molecule has 0 aromatic carbocycles. The van der Waals surface area contributed by atoms with Crippen molar-refractivity contribution in [2.75, 3.05) is 0 Å². The minimum atomic E-state index is -1.35. The Balaban J connectivity index is 2.93. The van der Waals surface area contributed by atoms with Gasteiger partial charge in [-0.2, -0.15) is 8.78 Å². The summed E-state index contributed by atoms with van der Waals surface area (Å²) in [5, 5.41) is 0. The summed E-state index contributed by atoms with van der Waals surface area (Å²) in [6.07, 6.45) is 0. The van der Waals surface area contributed by atoms with E-state index in [1.165, 1.54) is 6.92 Å². The monoisotopic (exact) mass is 192 g/mol. The maximum Gasteiger partial charge on any atom is 0.316 e. The summed E-state index contributed by atoms with van der Waals surface area (Å²) in [7, 11) is 0. The van der Waals surface area contributed by atoms with Crippen molar-refractivity contribution < 1.29 is 17.6 Å². The van der Waals surface area contributed by atoms with Gasteiger partial charge in [-0.25, -0.2) is 4.39 Å². The maximum atomic E-state index is 12.9. The van der Waals surface area contributed by atoms with E-state index in [1.54, 1.807) is 0 Å². The van der Waals surface area contributed by atoms with Crippen molar-refractivity contribution in [2.45, 2.75) is 6.92 Å². The molecule has 0 aliphatic rings. The first-order valence-electron chi connectivity index (χ1n) is 3.13. The van der Waals surface area contributed by atoms with E-state index in [0.29, 0.717) is 4.88 Å². The number of aryl methyl sites for hydroxylation is 1. The molecule has 0 atom stereocenters. The molecule has 5 heteroatoms. The molecule has 0 aliphatic carbocycles. The van der Waals surface area contributed by atoms with Crippen LogP contribution in [0.2, 0.25) is 0 Å². The first kappa shape index (κ1) is 7.67. The van der Waals surface area contributed by atoms with Crippen LogP contribution >= 0.6 is 11.3 Å². The van der Waals surface area contributed by atoms with Gasteiger partial charge in [-0.3, -0.25) is 0 Å². The van der Waals surface area contributed by atoms with Gasteiger partial charge < -0.3 is 4.42 Å². The highest BCUT2D eigenvalue weighted by Gasteiger charge is 2.21. The van der Waals surface area contributed by atoms with Crippen LogP contribution < -0.4 is 0 Å². The second kappa shape index (κ2) is 2.26. The minimum Gasteiger partial charge on any atom is -0.425 e. The Kier molecular flexibility index (Phi) is 1.44. The van der Waals surface area contributed by atoms with E-state index < -0.39 is 17.6 Å². The SMILES string of the molecule is Cc1sc2c(F)c(F)oc2c1F. The topological polar surface area (TPSA) is 13.1 Å². The van der Waals surface area contributed by atoms with Crippen molar-refractivity contribution in [2.24, 2.45) is 0 Å². The molecule has 2 heterocycles. The van der Waals surface area contributed by atoms with E-state index in [9.17, 15) is 13.2 Å². The number of hydrogen-bond acceptors (Lipinski definition) is 2. The Morgan fingerprint density at radius 2 is 1.83 bits per heavy atom. The fourth-order valence-corrected chi connectivity index (χ4v) is 1.85. The summed E-state index contributed by atoms with van der Waals surface area (Å²) < 4.78 is 42.2. The van der Waals surface area contributed by atoms with Crippen LogP contribution in [0.4, 0.5) is 13.2 Å². The zero-order chi connectivity index (χ0) is 8.88. The van der Waals surface area contributed by atoms with Gasteiger partial charge >= 0.3 is 6.01 Å². The lowest BCUT2D eigenvalue weighted by Gasteiger charge is -1.81. The lowest BCUT2D eigenvalue weighted by molar-refractivity contribution is 0.338. The van der Waals surface area contributed by atoms with Gasteiger partial charge in [-0.05, 0) is 6.92 Å². The van der Waals surface area contributed by atoms with Gasteiger partial charge in [0.1, 0.15) is 4.70 Å². The smallest absolute Gasteiger partial charge is 0.316 e. The fourth-order valence-electron chi connectivity index (χ4n) is 0.963. The maximum absolute atomic E-state index is 12.9. The standard InChI is InChI=1S/C7H3F3OS/c1-2-3(8)5-6(12-2)4(9)7(10)11-5/h1H3. The van der Waals surface area contributed by atoms with E-state index in [2.05, 4.69) is 4.42 Å². The molecule has 2 aromatic heterocycles. The van der Waals surface area contributed by atoms with E-state index >= 15 is 0 Å². The second-order valence-corrected chi connectivity index (χ2v) is 3.54. The van der Waals surface area contributed by atoms with Gasteiger partial charge in [0.05, 0.1) is 0 Å². The minimum absolute atomic E-state index is 0.0949. The molecule has 12 heavy (non-hydrogen) atoms. The quantitative estimate of drug-likeness (QED) is 0.624. The molecule has 2 rings (SSSR count). The van der Waals surface area contributed by atoms with Crippen LogP contribution in [0.25, 0.3) is 10.3 Å². The molecule has 0 radical (unpaired) electrons. The molecule has 64 valence electrons. The summed E-state index contributed by atoms with van der Waals surface area (Å²) in [6, 6.07) is -1.35. The highest BCUT2D eigenvalue weighted by atomic mass is 32.1. The van der Waals surface area contributed by atoms with Gasteiger partial charge in [-0.1, -0.05) is 0 Å². The molecular formula is C7H3F3OS. The Morgan fingerprint density at radius 1 is 1.17 bits per heavy atom. The number of rotatable bonds is 0. The Labute approximate surface area is 69.4 Å². The number of hydrogen-bond donors (Lipinski definition) is 0. The van der Waals surface area contributed by atoms with Crippen molar-refractivity contribution in [3.8, 4) is 0 Å². The average Bonchev–Trinajstić information content (AvgIpc) is 2.43. The summed E-state index contributed by atoms with van der Waals surface area (Å²) in [6.45, 7) is 1.48. The first-order chi connectivity index (χ1) is 5.61. The van der Waals surface area contributed by atoms with Crippen LogP contribution in [0.5, 0.6) is 0 Å². The third-order valence-corrected chi connectivity index (χ3v) is 2.59. The van der Waals surface area contributed by atoms with Crippen molar-refractivity contribution >= 4 is 21.6 Å². The predicted octanol–water partition coefficient (Wildman–Crippen LogP) is 3.22. The van der Waals surface area contributed by atoms with Crippen LogP contribution in [0, 0.1) is 24.6 Å². The Hall–Kier alpha value is -0.970. The molecule has 0 aliphatic heterocycles. The highest BCUT2D eigenvalue weighted by molar-refractivity contribution is 7.19. The lowest BCUT2D eigenvalue weighted by Crippen LogP contribution is -1.70. The lowest BCUT2D eigenvalue weighted by atomic mass is 10.4. The zero-order valence-corrected chi connectivity index (χ0v) is 6.77. The zero-order valence-electron chi connectivity index (χ0n) is 5.95. The number of fused-ring (bicyclic) bond motifs is 1. The second-order valence-electron chi connectivity index (χ2n) is 2.32. The molecule has 2 aromatic rings. The van der Waals surface area contributed by atoms with Crippen LogP contribution in [0.15, 0.2) is 4.42 Å². The van der Waals surface area contributed by atoms with Gasteiger partial charge in [0.2, 0.25) is 5.82 Å². The molecule has 0 unspecified atom stereocenters. The van der Waals surface area contributed by atoms with Crippen molar-refractivity contribution in [3.63, 3.8) is 0 Å². The largest absolute Gasteiger partial charge is 0.425 e. The number of furan rings is 1. The average molecular weight is 192 g/mol. The fraction of sp³-hybridized carbons (Fsp3) is 0.143. The molecular weight excluding hydrogens is 189 g/mol. The van der Waals surface area contributed by atoms with Crippen LogP contribution in [-0.2, 0) is 0 Å². The number of thiophene rings is 1. The molecule has 0 amide bonds. The van der Waals surface area contributed by atoms with E-state index in [4.69, 9.17) is 0 Å². The normalized spacial score (nSPS) is 11.3. The van der Waals surface area contributed by atoms with Gasteiger partial charge in [0.25, 0.3) is 0 Å². The van der Waals surface area contributed by atoms with Crippen LogP contribution in [0.3, 0.4) is 0 Å². The van der Waals surface area contributed by atoms with Crippen LogP contribution in [0.1, 0.15) is 4.88 Å². The van der Waals surface area contributed by atoms with E-state index in [-0.39, 0.29) is 10.3 Å². The summed E-state index contributed by atoms with van der Waals surface area (Å²) in [5.41, 5.74) is -0.326. The van der Waals surface area contributed by atoms with Crippen LogP contribution in [-0.4, -0.2) is 0 Å². The summed E-state index contributed by atoms with van der Waals surface area (Å²) >= 11 is 0.842. The number of halogens is 3. The molecule has 0 saturated carbocycles. The molecule has 0 N–H and O–H groups in total. The van der Waals surface area contributed by atoms with Crippen molar-refractivity contribution in [3.05, 3.63) is 22.5 Å². The molecule has 0 saturated heterocycles. The predicted molar refractivity (Wildman–Crippen MR) is 38.7 cm³/mol. The molecule has 0 bridgehead atoms. The van der Waals surface area contributed by atoms with Gasteiger partial charge in [0, 0.05) is 4.88 Å². The third-order valence-electron chi connectivity index (χ3n) is 1.53. The molecule has 1 nitrogen and oxygen atoms in total. The van der Waals surface area contributed by atoms with Gasteiger partial charge in [-0.15, -0.1) is 11.3 Å². The molecule has 0 spiro atoms. The van der Waals surface area contributed by atoms with Gasteiger partial charge in [0.15, 0.2) is 11.4 Å². The van der Waals surface area contributed by atoms with E-state index in [0.717, 1.165) is 11.3 Å². The Bertz CT molecular complexity index is 401. The van der Waals surface area contributed by atoms with Crippen molar-refractivity contribution in [1.29, 1.82) is 0 Å². The third kappa shape index (κ3) is 0.797. The van der Waals surface area contributed by atoms with E-state index in [1.807, 2.05) is 0 Å². The summed E-state index contributed by atoms with van der Waals surface area (Å²) in [5.74, 6) is -1.79. The van der Waals surface area contributed by atoms with Crippen molar-refractivity contribution in [1.82, 2.24) is 0 Å². The first-order valence-corrected chi connectivity index (χ1v) is 3.95. The highest BCUT2D eigenvalue weighted by Crippen LogP contribution is 2.34. The Morgan fingerprint density at radius 3 is 2.42 bits per heavy atom. The summed E-state index contributed by atoms with van der Waals surface area (Å²) in [4.78, 5) is 0.294. The molecule has 0 fully saturated rings.